The molecule has 4 rings (SSSR count). The molecule has 0 unspecified atom stereocenters. The fourth-order valence-electron chi connectivity index (χ4n) is 3.68. The molecule has 0 aliphatic rings. The molecular weight excluding hydrogens is 500 g/mol. The molecule has 0 saturated heterocycles. The van der Waals surface area contributed by atoms with Crippen molar-refractivity contribution in [3.63, 3.8) is 0 Å². The number of methoxy groups -OCH3 is 3. The zero-order chi connectivity index (χ0) is 26.7. The van der Waals surface area contributed by atoms with Gasteiger partial charge in [-0.1, -0.05) is 13.0 Å². The molecule has 4 aromatic rings. The second-order valence-electron chi connectivity index (χ2n) is 8.19. The lowest BCUT2D eigenvalue weighted by Gasteiger charge is -2.21. The minimum atomic E-state index is -4.00. The first-order valence-electron chi connectivity index (χ1n) is 11.2. The van der Waals surface area contributed by atoms with Crippen LogP contribution in [0.1, 0.15) is 25.6 Å². The quantitative estimate of drug-likeness (QED) is 0.325. The Morgan fingerprint density at radius 1 is 0.946 bits per heavy atom. The third-order valence-electron chi connectivity index (χ3n) is 5.95. The average Bonchev–Trinajstić information content (AvgIpc) is 3.52. The number of hydrogen-bond acceptors (Lipinski definition) is 10. The Morgan fingerprint density at radius 2 is 1.59 bits per heavy atom. The smallest absolute Gasteiger partial charge is 0.243 e. The number of para-hydroxylation sites is 1. The number of sulfonamides is 1. The Kier molecular flexibility index (Phi) is 7.29. The molecule has 0 radical (unpaired) electrons. The highest BCUT2D eigenvalue weighted by Crippen LogP contribution is 2.37. The van der Waals surface area contributed by atoms with Gasteiger partial charge in [0.05, 0.1) is 39.0 Å². The highest BCUT2D eigenvalue weighted by molar-refractivity contribution is 7.93. The van der Waals surface area contributed by atoms with Gasteiger partial charge in [0.15, 0.2) is 11.6 Å². The molecule has 14 heteroatoms. The van der Waals surface area contributed by atoms with Crippen molar-refractivity contribution in [3.05, 3.63) is 48.7 Å². The molecule has 13 nitrogen and oxygen atoms in total. The van der Waals surface area contributed by atoms with Gasteiger partial charge in [-0.2, -0.15) is 5.10 Å². The third-order valence-corrected chi connectivity index (χ3v) is 7.80. The summed E-state index contributed by atoms with van der Waals surface area (Å²) in [6, 6.07) is 6.95. The Morgan fingerprint density at radius 3 is 2.14 bits per heavy atom. The number of hydrogen-bond donors (Lipinski definition) is 1. The molecule has 3 aromatic heterocycles. The maximum absolute atomic E-state index is 13.5. The number of anilines is 1. The largest absolute Gasteiger partial charge is 0.494 e. The first-order chi connectivity index (χ1) is 17.7. The van der Waals surface area contributed by atoms with Crippen molar-refractivity contribution >= 4 is 16.0 Å². The number of benzene rings is 1. The summed E-state index contributed by atoms with van der Waals surface area (Å²) in [7, 11) is 2.28. The van der Waals surface area contributed by atoms with Crippen molar-refractivity contribution in [1.82, 2.24) is 34.5 Å². The molecule has 0 aliphatic heterocycles. The Labute approximate surface area is 214 Å². The molecule has 1 aromatic carbocycles. The van der Waals surface area contributed by atoms with Gasteiger partial charge in [-0.3, -0.25) is 14.0 Å². The number of nitrogens with zero attached hydrogens (tertiary/aromatic N) is 7. The monoisotopic (exact) mass is 528 g/mol. The van der Waals surface area contributed by atoms with Crippen LogP contribution >= 0.6 is 0 Å². The molecular formula is C23H28N8O5S. The second kappa shape index (κ2) is 10.4. The van der Waals surface area contributed by atoms with Gasteiger partial charge in [-0.05, 0) is 25.1 Å². The Hall–Kier alpha value is -4.20. The van der Waals surface area contributed by atoms with E-state index in [0.717, 1.165) is 0 Å². The number of aromatic nitrogens is 7. The molecule has 2 atom stereocenters. The predicted molar refractivity (Wildman–Crippen MR) is 136 cm³/mol. The molecule has 196 valence electrons. The predicted octanol–water partition coefficient (Wildman–Crippen LogP) is 2.42. The van der Waals surface area contributed by atoms with E-state index in [4.69, 9.17) is 14.2 Å². The van der Waals surface area contributed by atoms with Gasteiger partial charge >= 0.3 is 0 Å². The van der Waals surface area contributed by atoms with Crippen LogP contribution < -0.4 is 18.9 Å². The van der Waals surface area contributed by atoms with E-state index in [1.165, 1.54) is 38.3 Å². The summed E-state index contributed by atoms with van der Waals surface area (Å²) in [4.78, 5) is 8.49. The Bertz CT molecular complexity index is 1460. The summed E-state index contributed by atoms with van der Waals surface area (Å²) in [5, 5.41) is 11.9. The van der Waals surface area contributed by atoms with Gasteiger partial charge in [0.2, 0.25) is 16.0 Å². The van der Waals surface area contributed by atoms with Gasteiger partial charge in [-0.25, -0.2) is 18.4 Å². The van der Waals surface area contributed by atoms with Crippen molar-refractivity contribution in [3.8, 4) is 34.5 Å². The van der Waals surface area contributed by atoms with Crippen molar-refractivity contribution in [2.75, 3.05) is 26.1 Å². The molecule has 0 fully saturated rings. The van der Waals surface area contributed by atoms with Gasteiger partial charge in [0.1, 0.15) is 28.7 Å². The summed E-state index contributed by atoms with van der Waals surface area (Å²) in [5.41, 5.74) is 0.886. The lowest BCUT2D eigenvalue weighted by Crippen LogP contribution is -2.31. The van der Waals surface area contributed by atoms with E-state index in [0.29, 0.717) is 40.3 Å². The zero-order valence-corrected chi connectivity index (χ0v) is 22.1. The summed E-state index contributed by atoms with van der Waals surface area (Å²) >= 11 is 0. The molecule has 1 N–H and O–H groups in total. The van der Waals surface area contributed by atoms with Crippen molar-refractivity contribution < 1.29 is 22.6 Å². The second-order valence-corrected chi connectivity index (χ2v) is 10.2. The SMILES string of the molecule is COc1cnc([C@@H](C)[C@H](C)S(=O)(=O)Nc2nnc(-c3ccn(C)n3)n2-c2c(OC)cccc2OC)nc1. The minimum Gasteiger partial charge on any atom is -0.494 e. The lowest BCUT2D eigenvalue weighted by atomic mass is 10.1. The summed E-state index contributed by atoms with van der Waals surface area (Å²) < 4.78 is 49.0. The van der Waals surface area contributed by atoms with Crippen LogP contribution in [0, 0.1) is 0 Å². The van der Waals surface area contributed by atoms with E-state index in [1.54, 1.807) is 56.0 Å². The van der Waals surface area contributed by atoms with Gasteiger partial charge in [-0.15, -0.1) is 10.2 Å². The number of nitrogens with one attached hydrogen (secondary N) is 1. The van der Waals surface area contributed by atoms with Crippen LogP contribution in [0.25, 0.3) is 17.2 Å². The van der Waals surface area contributed by atoms with Crippen LogP contribution in [0.4, 0.5) is 5.95 Å². The summed E-state index contributed by atoms with van der Waals surface area (Å²) in [5.74, 6) is 1.37. The van der Waals surface area contributed by atoms with E-state index in [2.05, 4.69) is 30.0 Å². The molecule has 37 heavy (non-hydrogen) atoms. The van der Waals surface area contributed by atoms with E-state index < -0.39 is 21.2 Å². The average molecular weight is 529 g/mol. The van der Waals surface area contributed by atoms with Crippen molar-refractivity contribution in [1.29, 1.82) is 0 Å². The maximum atomic E-state index is 13.5. The zero-order valence-electron chi connectivity index (χ0n) is 21.3. The maximum Gasteiger partial charge on any atom is 0.243 e. The van der Waals surface area contributed by atoms with E-state index in [9.17, 15) is 8.42 Å². The molecule has 0 saturated carbocycles. The summed E-state index contributed by atoms with van der Waals surface area (Å²) in [6.07, 6.45) is 4.74. The van der Waals surface area contributed by atoms with Crippen molar-refractivity contribution in [2.24, 2.45) is 7.05 Å². The molecule has 0 spiro atoms. The molecule has 3 heterocycles. The topological polar surface area (TPSA) is 148 Å². The van der Waals surface area contributed by atoms with Gasteiger partial charge in [0, 0.05) is 19.2 Å². The fraction of sp³-hybridized carbons (Fsp3) is 0.348. The Balaban J connectivity index is 1.79. The minimum absolute atomic E-state index is 0.0573. The standard InChI is InChI=1S/C23H28N8O5S/c1-14(21-24-12-16(34-4)13-25-21)15(2)37(32,33)29-23-27-26-22(17-10-11-30(3)28-17)31(23)20-18(35-5)8-7-9-19(20)36-6/h7-15H,1-6H3,(H,27,29)/t14-,15-/m0/s1. The summed E-state index contributed by atoms with van der Waals surface area (Å²) in [6.45, 7) is 3.31. The number of rotatable bonds is 10. The lowest BCUT2D eigenvalue weighted by molar-refractivity contribution is 0.391. The van der Waals surface area contributed by atoms with Gasteiger partial charge < -0.3 is 14.2 Å². The highest BCUT2D eigenvalue weighted by Gasteiger charge is 2.32. The number of aryl methyl sites for hydroxylation is 1. The first kappa shape index (κ1) is 25.9. The van der Waals surface area contributed by atoms with Crippen LogP contribution in [0.3, 0.4) is 0 Å². The molecule has 0 aliphatic carbocycles. The number of ether oxygens (including phenoxy) is 3. The van der Waals surface area contributed by atoms with Crippen LogP contribution in [-0.2, 0) is 17.1 Å². The van der Waals surface area contributed by atoms with Gasteiger partial charge in [0.25, 0.3) is 0 Å². The van der Waals surface area contributed by atoms with E-state index >= 15 is 0 Å². The van der Waals surface area contributed by atoms with Crippen LogP contribution in [-0.4, -0.2) is 69.5 Å². The molecule has 0 amide bonds. The first-order valence-corrected chi connectivity index (χ1v) is 12.8. The van der Waals surface area contributed by atoms with Crippen LogP contribution in [0.15, 0.2) is 42.9 Å². The normalized spacial score (nSPS) is 13.1. The van der Waals surface area contributed by atoms with E-state index in [-0.39, 0.29) is 5.95 Å². The van der Waals surface area contributed by atoms with Crippen molar-refractivity contribution in [2.45, 2.75) is 25.0 Å². The third kappa shape index (κ3) is 5.05. The van der Waals surface area contributed by atoms with E-state index in [1.807, 2.05) is 0 Å². The highest BCUT2D eigenvalue weighted by atomic mass is 32.2. The fourth-order valence-corrected chi connectivity index (χ4v) is 4.91. The van der Waals surface area contributed by atoms with Crippen LogP contribution in [0.2, 0.25) is 0 Å². The molecule has 0 bridgehead atoms. The van der Waals surface area contributed by atoms with Crippen LogP contribution in [0.5, 0.6) is 17.2 Å².